The predicted octanol–water partition coefficient (Wildman–Crippen LogP) is 9.97. The van der Waals surface area contributed by atoms with E-state index in [-0.39, 0.29) is 29.0 Å². The van der Waals surface area contributed by atoms with Gasteiger partial charge in [0.1, 0.15) is 18.1 Å². The molecular formula is C33H22Cl2F3N3O. The van der Waals surface area contributed by atoms with Gasteiger partial charge in [-0.3, -0.25) is 0 Å². The van der Waals surface area contributed by atoms with E-state index in [4.69, 9.17) is 32.9 Å². The van der Waals surface area contributed by atoms with Crippen LogP contribution in [-0.2, 0) is 12.8 Å². The summed E-state index contributed by atoms with van der Waals surface area (Å²) in [4.78, 5) is 4.73. The van der Waals surface area contributed by atoms with E-state index in [1.807, 2.05) is 25.1 Å². The van der Waals surface area contributed by atoms with Crippen molar-refractivity contribution in [2.45, 2.75) is 19.7 Å². The Balaban J connectivity index is 1.45. The summed E-state index contributed by atoms with van der Waals surface area (Å²) in [6, 6.07) is 29.2. The van der Waals surface area contributed by atoms with E-state index in [9.17, 15) is 13.2 Å². The number of rotatable bonds is 6. The van der Waals surface area contributed by atoms with Crippen molar-refractivity contribution in [2.75, 3.05) is 0 Å². The molecule has 4 nitrogen and oxygen atoms in total. The summed E-state index contributed by atoms with van der Waals surface area (Å²) in [6.45, 7) is 2.12. The van der Waals surface area contributed by atoms with E-state index >= 15 is 0 Å². The van der Waals surface area contributed by atoms with Crippen molar-refractivity contribution in [3.05, 3.63) is 130 Å². The Hall–Kier alpha value is -4.33. The average Bonchev–Trinajstić information content (AvgIpc) is 3.36. The Morgan fingerprint density at radius 3 is 2.17 bits per heavy atom. The molecule has 0 aliphatic rings. The quantitative estimate of drug-likeness (QED) is 0.190. The topological polar surface area (TPSA) is 39.9 Å². The van der Waals surface area contributed by atoms with Gasteiger partial charge in [-0.1, -0.05) is 77.3 Å². The molecule has 4 aromatic carbocycles. The van der Waals surface area contributed by atoms with Crippen molar-refractivity contribution in [1.82, 2.24) is 14.8 Å². The summed E-state index contributed by atoms with van der Waals surface area (Å²) in [7, 11) is 0. The number of fused-ring (bicyclic) bond motifs is 1. The number of alkyl halides is 3. The van der Waals surface area contributed by atoms with Crippen LogP contribution in [0.15, 0.2) is 103 Å². The first-order valence-electron chi connectivity index (χ1n) is 13.0. The molecule has 0 aliphatic heterocycles. The maximum absolute atomic E-state index is 14.7. The first-order chi connectivity index (χ1) is 20.2. The zero-order chi connectivity index (χ0) is 29.4. The lowest BCUT2D eigenvalue weighted by molar-refractivity contribution is -0.136. The van der Waals surface area contributed by atoms with Gasteiger partial charge in [-0.15, -0.1) is 0 Å². The maximum Gasteiger partial charge on any atom is 0.417 e. The fourth-order valence-electron chi connectivity index (χ4n) is 4.67. The molecule has 0 bridgehead atoms. The van der Waals surface area contributed by atoms with Gasteiger partial charge in [-0.05, 0) is 61.5 Å². The number of aromatic nitrogens is 3. The van der Waals surface area contributed by atoms with E-state index in [1.165, 1.54) is 4.68 Å². The highest BCUT2D eigenvalue weighted by Gasteiger charge is 2.36. The zero-order valence-corrected chi connectivity index (χ0v) is 23.7. The molecule has 0 fully saturated rings. The molecule has 0 amide bonds. The molecule has 0 aliphatic carbocycles. The Labute approximate surface area is 249 Å². The van der Waals surface area contributed by atoms with Crippen molar-refractivity contribution in [3.8, 4) is 34.0 Å². The average molecular weight is 604 g/mol. The van der Waals surface area contributed by atoms with Crippen LogP contribution in [-0.4, -0.2) is 14.8 Å². The summed E-state index contributed by atoms with van der Waals surface area (Å²) >= 11 is 12.2. The Morgan fingerprint density at radius 2 is 1.50 bits per heavy atom. The third kappa shape index (κ3) is 5.58. The molecule has 0 spiro atoms. The molecule has 9 heteroatoms. The van der Waals surface area contributed by atoms with Gasteiger partial charge < -0.3 is 4.74 Å². The molecule has 0 saturated carbocycles. The van der Waals surface area contributed by atoms with Crippen LogP contribution in [0, 0.1) is 6.92 Å². The van der Waals surface area contributed by atoms with Gasteiger partial charge in [0.2, 0.25) is 0 Å². The number of hydrogen-bond donors (Lipinski definition) is 0. The number of pyridine rings is 1. The minimum absolute atomic E-state index is 0.0567. The van der Waals surface area contributed by atoms with Crippen LogP contribution >= 0.6 is 23.2 Å². The fraction of sp³-hybridized carbons (Fsp3) is 0.0909. The summed E-state index contributed by atoms with van der Waals surface area (Å²) < 4.78 is 51.3. The lowest BCUT2D eigenvalue weighted by Gasteiger charge is -2.13. The van der Waals surface area contributed by atoms with Gasteiger partial charge in [0.05, 0.1) is 22.3 Å². The number of halogens is 5. The van der Waals surface area contributed by atoms with Crippen LogP contribution in [0.1, 0.15) is 16.7 Å². The van der Waals surface area contributed by atoms with Crippen molar-refractivity contribution in [3.63, 3.8) is 0 Å². The smallest absolute Gasteiger partial charge is 0.417 e. The van der Waals surface area contributed by atoms with Crippen LogP contribution in [0.2, 0.25) is 10.0 Å². The monoisotopic (exact) mass is 603 g/mol. The Kier molecular flexibility index (Phi) is 7.39. The largest absolute Gasteiger partial charge is 0.489 e. The van der Waals surface area contributed by atoms with Crippen LogP contribution in [0.4, 0.5) is 13.2 Å². The van der Waals surface area contributed by atoms with Crippen molar-refractivity contribution in [2.24, 2.45) is 0 Å². The van der Waals surface area contributed by atoms with Crippen molar-refractivity contribution >= 4 is 34.2 Å². The van der Waals surface area contributed by atoms with Crippen LogP contribution in [0.25, 0.3) is 39.2 Å². The maximum atomic E-state index is 14.7. The van der Waals surface area contributed by atoms with E-state index in [0.717, 1.165) is 17.2 Å². The normalized spacial score (nSPS) is 11.7. The van der Waals surface area contributed by atoms with E-state index in [0.29, 0.717) is 32.6 Å². The number of nitrogens with zero attached hydrogens (tertiary/aromatic N) is 3. The molecular weight excluding hydrogens is 582 g/mol. The molecule has 42 heavy (non-hydrogen) atoms. The highest BCUT2D eigenvalue weighted by Crippen LogP contribution is 2.41. The molecule has 2 aromatic heterocycles. The van der Waals surface area contributed by atoms with Crippen molar-refractivity contribution < 1.29 is 17.9 Å². The fourth-order valence-corrected chi connectivity index (χ4v) is 5.13. The Morgan fingerprint density at radius 1 is 0.810 bits per heavy atom. The van der Waals surface area contributed by atoms with Gasteiger partial charge >= 0.3 is 6.18 Å². The highest BCUT2D eigenvalue weighted by molar-refractivity contribution is 6.35. The van der Waals surface area contributed by atoms with Gasteiger partial charge in [0, 0.05) is 26.7 Å². The second kappa shape index (κ2) is 11.2. The van der Waals surface area contributed by atoms with E-state index < -0.39 is 11.7 Å². The lowest BCUT2D eigenvalue weighted by atomic mass is 10.0. The number of aryl methyl sites for hydroxylation is 1. The number of para-hydroxylation sites is 1. The van der Waals surface area contributed by atoms with Crippen LogP contribution in [0.5, 0.6) is 5.75 Å². The van der Waals surface area contributed by atoms with Crippen LogP contribution < -0.4 is 4.74 Å². The minimum Gasteiger partial charge on any atom is -0.489 e. The first kappa shape index (κ1) is 27.8. The molecule has 6 rings (SSSR count). The third-order valence-corrected chi connectivity index (χ3v) is 7.42. The predicted molar refractivity (Wildman–Crippen MR) is 160 cm³/mol. The van der Waals surface area contributed by atoms with Gasteiger partial charge in [-0.25, -0.2) is 9.67 Å². The van der Waals surface area contributed by atoms with E-state index in [1.54, 1.807) is 78.9 Å². The molecule has 0 atom stereocenters. The molecule has 0 saturated heterocycles. The molecule has 210 valence electrons. The van der Waals surface area contributed by atoms with Gasteiger partial charge in [0.15, 0.2) is 5.65 Å². The third-order valence-electron chi connectivity index (χ3n) is 6.83. The van der Waals surface area contributed by atoms with Crippen molar-refractivity contribution in [1.29, 1.82) is 0 Å². The zero-order valence-electron chi connectivity index (χ0n) is 22.2. The van der Waals surface area contributed by atoms with Gasteiger partial charge in [-0.2, -0.15) is 18.3 Å². The summed E-state index contributed by atoms with van der Waals surface area (Å²) in [5, 5.41) is 5.61. The summed E-state index contributed by atoms with van der Waals surface area (Å²) in [5.41, 5.74) is 3.09. The van der Waals surface area contributed by atoms with Crippen LogP contribution in [0.3, 0.4) is 0 Å². The summed E-state index contributed by atoms with van der Waals surface area (Å²) in [6.07, 6.45) is -4.65. The van der Waals surface area contributed by atoms with E-state index in [2.05, 4.69) is 5.10 Å². The lowest BCUT2D eigenvalue weighted by Crippen LogP contribution is -2.08. The molecule has 0 radical (unpaired) electrons. The number of ether oxygens (including phenoxy) is 1. The molecule has 0 N–H and O–H groups in total. The Bertz CT molecular complexity index is 1890. The molecule has 0 unspecified atom stereocenters. The highest BCUT2D eigenvalue weighted by atomic mass is 35.5. The number of hydrogen-bond acceptors (Lipinski definition) is 3. The minimum atomic E-state index is -4.65. The number of benzene rings is 4. The molecule has 6 aromatic rings. The second-order valence-corrected chi connectivity index (χ2v) is 10.6. The molecule has 2 heterocycles. The van der Waals surface area contributed by atoms with Gasteiger partial charge in [0.25, 0.3) is 0 Å². The summed E-state index contributed by atoms with van der Waals surface area (Å²) in [5.74, 6) is 0.526. The second-order valence-electron chi connectivity index (χ2n) is 9.76. The first-order valence-corrected chi connectivity index (χ1v) is 13.7. The SMILES string of the molecule is Cc1ccc(-c2nn(-c3ccccc3)c3nc(-c4ccc(OCc5ccc(Cl)cc5Cl)cc4)cc(C(F)(F)F)c23)cc1. The standard InChI is InChI=1S/C33H22Cl2F3N3O/c1-20-7-9-22(10-8-20)31-30-27(33(36,37)38)18-29(39-32(30)41(40-31)25-5-3-2-4-6-25)21-12-15-26(16-13-21)42-19-23-11-14-24(34)17-28(23)35/h2-18H,19H2,1H3.